The van der Waals surface area contributed by atoms with Crippen LogP contribution in [0, 0.1) is 0 Å². The molecule has 1 aromatic carbocycles. The minimum absolute atomic E-state index is 0.115. The maximum absolute atomic E-state index is 12.8. The van der Waals surface area contributed by atoms with Gasteiger partial charge in [0.05, 0.1) is 5.57 Å². The molecule has 168 valence electrons. The van der Waals surface area contributed by atoms with Crippen LogP contribution in [0.2, 0.25) is 0 Å². The van der Waals surface area contributed by atoms with Crippen molar-refractivity contribution in [1.82, 2.24) is 9.97 Å². The van der Waals surface area contributed by atoms with Crippen LogP contribution in [0.3, 0.4) is 0 Å². The maximum Gasteiger partial charge on any atom is 0.290 e. The molecule has 2 aliphatic rings. The summed E-state index contributed by atoms with van der Waals surface area (Å²) in [6, 6.07) is 6.03. The SMILES string of the molecule is CNc1cccc2c1CC(=O)C(C(=O)Cc1cnc(N3CCC(N)CC3)nc1)=C2.O=CO. The Morgan fingerprint density at radius 2 is 1.94 bits per heavy atom. The fourth-order valence-corrected chi connectivity index (χ4v) is 3.88. The average Bonchev–Trinajstić information content (AvgIpc) is 2.80. The van der Waals surface area contributed by atoms with Crippen molar-refractivity contribution in [2.45, 2.75) is 31.7 Å². The van der Waals surface area contributed by atoms with Gasteiger partial charge >= 0.3 is 0 Å². The number of carboxylic acid groups (broad SMARTS) is 1. The number of anilines is 2. The van der Waals surface area contributed by atoms with Crippen LogP contribution in [0.1, 0.15) is 29.5 Å². The Labute approximate surface area is 186 Å². The van der Waals surface area contributed by atoms with E-state index in [1.54, 1.807) is 18.5 Å². The lowest BCUT2D eigenvalue weighted by atomic mass is 9.87. The Morgan fingerprint density at radius 1 is 1.28 bits per heavy atom. The number of ketones is 2. The standard InChI is InChI=1S/C22H25N5O2.CH2O2/c1-24-19-4-2-3-15-10-18(21(29)11-17(15)19)20(28)9-14-12-25-22(26-13-14)27-7-5-16(23)6-8-27;2-1-3/h2-4,10,12-13,16,24H,5-9,11,23H2,1H3;1H,(H,2,3). The number of nitrogens with zero attached hydrogens (tertiary/aromatic N) is 3. The number of fused-ring (bicyclic) bond motifs is 1. The summed E-state index contributed by atoms with van der Waals surface area (Å²) >= 11 is 0. The number of rotatable bonds is 5. The maximum atomic E-state index is 12.8. The number of allylic oxidation sites excluding steroid dienone is 1. The highest BCUT2D eigenvalue weighted by molar-refractivity contribution is 6.25. The molecule has 1 aliphatic heterocycles. The molecule has 1 fully saturated rings. The Balaban J connectivity index is 0.000000913. The van der Waals surface area contributed by atoms with E-state index in [0.717, 1.165) is 42.7 Å². The summed E-state index contributed by atoms with van der Waals surface area (Å²) in [5, 5.41) is 9.99. The molecule has 0 bridgehead atoms. The molecular weight excluding hydrogens is 410 g/mol. The number of benzene rings is 1. The first-order chi connectivity index (χ1) is 15.5. The lowest BCUT2D eigenvalue weighted by Crippen LogP contribution is -2.40. The Kier molecular flexibility index (Phi) is 7.67. The van der Waals surface area contributed by atoms with Crippen LogP contribution in [-0.4, -0.2) is 59.3 Å². The number of nitrogens with two attached hydrogens (primary N) is 1. The highest BCUT2D eigenvalue weighted by Crippen LogP contribution is 2.28. The molecule has 2 heterocycles. The van der Waals surface area contributed by atoms with Gasteiger partial charge in [-0.3, -0.25) is 14.4 Å². The van der Waals surface area contributed by atoms with Crippen molar-refractivity contribution in [3.8, 4) is 0 Å². The van der Waals surface area contributed by atoms with Gasteiger partial charge < -0.3 is 21.1 Å². The fourth-order valence-electron chi connectivity index (χ4n) is 3.88. The fraction of sp³-hybridized carbons (Fsp3) is 0.348. The van der Waals surface area contributed by atoms with Crippen molar-refractivity contribution in [1.29, 1.82) is 0 Å². The predicted octanol–water partition coefficient (Wildman–Crippen LogP) is 1.47. The molecular formula is C23H27N5O4. The summed E-state index contributed by atoms with van der Waals surface area (Å²) in [7, 11) is 1.83. The highest BCUT2D eigenvalue weighted by atomic mass is 16.3. The first-order valence-corrected chi connectivity index (χ1v) is 10.4. The number of carbonyl (C=O) groups is 3. The van der Waals surface area contributed by atoms with Gasteiger partial charge in [-0.25, -0.2) is 9.97 Å². The smallest absolute Gasteiger partial charge is 0.290 e. The summed E-state index contributed by atoms with van der Waals surface area (Å²) in [5.41, 5.74) is 9.66. The molecule has 0 radical (unpaired) electrons. The lowest BCUT2D eigenvalue weighted by Gasteiger charge is -2.30. The molecule has 2 aromatic rings. The predicted molar refractivity (Wildman–Crippen MR) is 122 cm³/mol. The third kappa shape index (κ3) is 5.36. The minimum Gasteiger partial charge on any atom is -0.483 e. The van der Waals surface area contributed by atoms with Crippen molar-refractivity contribution >= 4 is 35.8 Å². The van der Waals surface area contributed by atoms with Crippen molar-refractivity contribution in [2.24, 2.45) is 5.73 Å². The summed E-state index contributed by atoms with van der Waals surface area (Å²) in [6.07, 6.45) is 7.26. The first kappa shape index (κ1) is 23.1. The van der Waals surface area contributed by atoms with E-state index in [0.29, 0.717) is 11.5 Å². The van der Waals surface area contributed by atoms with E-state index >= 15 is 0 Å². The van der Waals surface area contributed by atoms with Gasteiger partial charge in [0.2, 0.25) is 5.95 Å². The van der Waals surface area contributed by atoms with Crippen molar-refractivity contribution in [2.75, 3.05) is 30.4 Å². The van der Waals surface area contributed by atoms with Crippen molar-refractivity contribution < 1.29 is 19.5 Å². The van der Waals surface area contributed by atoms with Gasteiger partial charge in [0.1, 0.15) is 0 Å². The van der Waals surface area contributed by atoms with Crippen LogP contribution in [0.15, 0.2) is 36.2 Å². The topological polar surface area (TPSA) is 139 Å². The molecule has 4 rings (SSSR count). The van der Waals surface area contributed by atoms with E-state index in [-0.39, 0.29) is 42.5 Å². The summed E-state index contributed by atoms with van der Waals surface area (Å²) in [5.74, 6) is 0.317. The summed E-state index contributed by atoms with van der Waals surface area (Å²) in [4.78, 5) is 44.7. The molecule has 0 spiro atoms. The third-order valence-electron chi connectivity index (χ3n) is 5.60. The van der Waals surface area contributed by atoms with Gasteiger partial charge in [0.15, 0.2) is 11.6 Å². The zero-order valence-electron chi connectivity index (χ0n) is 18.0. The van der Waals surface area contributed by atoms with Crippen LogP contribution < -0.4 is 16.0 Å². The van der Waals surface area contributed by atoms with Crippen molar-refractivity contribution in [3.05, 3.63) is 52.9 Å². The molecule has 1 aromatic heterocycles. The van der Waals surface area contributed by atoms with Gasteiger partial charge in [0, 0.05) is 57.1 Å². The Hall–Kier alpha value is -3.59. The molecule has 0 saturated carbocycles. The number of nitrogens with one attached hydrogen (secondary N) is 1. The first-order valence-electron chi connectivity index (χ1n) is 10.4. The Morgan fingerprint density at radius 3 is 2.56 bits per heavy atom. The van der Waals surface area contributed by atoms with Gasteiger partial charge in [-0.1, -0.05) is 12.1 Å². The normalized spacial score (nSPS) is 15.8. The number of carbonyl (C=O) groups excluding carboxylic acids is 2. The van der Waals surface area contributed by atoms with Gasteiger partial charge in [-0.2, -0.15) is 0 Å². The second kappa shape index (κ2) is 10.6. The Bertz CT molecular complexity index is 1010. The second-order valence-electron chi connectivity index (χ2n) is 7.70. The molecule has 0 amide bonds. The molecule has 9 heteroatoms. The van der Waals surface area contributed by atoms with Crippen LogP contribution in [0.4, 0.5) is 11.6 Å². The van der Waals surface area contributed by atoms with E-state index < -0.39 is 0 Å². The van der Waals surface area contributed by atoms with Gasteiger partial charge in [-0.15, -0.1) is 0 Å². The van der Waals surface area contributed by atoms with Gasteiger partial charge in [0.25, 0.3) is 6.47 Å². The third-order valence-corrected chi connectivity index (χ3v) is 5.60. The van der Waals surface area contributed by atoms with Crippen LogP contribution >= 0.6 is 0 Å². The minimum atomic E-state index is -0.250. The monoisotopic (exact) mass is 437 g/mol. The number of hydrogen-bond acceptors (Lipinski definition) is 8. The van der Waals surface area contributed by atoms with E-state index in [2.05, 4.69) is 20.2 Å². The van der Waals surface area contributed by atoms with Crippen LogP contribution in [-0.2, 0) is 27.2 Å². The number of Topliss-reactive ketones (excluding diaryl/α,β-unsaturated/α-hetero) is 2. The van der Waals surface area contributed by atoms with Crippen LogP contribution in [0.25, 0.3) is 6.08 Å². The van der Waals surface area contributed by atoms with E-state index in [1.807, 2.05) is 25.2 Å². The zero-order chi connectivity index (χ0) is 23.1. The lowest BCUT2D eigenvalue weighted by molar-refractivity contribution is -0.123. The number of piperidine rings is 1. The van der Waals surface area contributed by atoms with E-state index in [4.69, 9.17) is 15.6 Å². The molecule has 1 saturated heterocycles. The van der Waals surface area contributed by atoms with Gasteiger partial charge in [-0.05, 0) is 41.7 Å². The quantitative estimate of drug-likeness (QED) is 0.469. The molecule has 0 unspecified atom stereocenters. The molecule has 0 atom stereocenters. The summed E-state index contributed by atoms with van der Waals surface area (Å²) < 4.78 is 0. The molecule has 9 nitrogen and oxygen atoms in total. The average molecular weight is 438 g/mol. The second-order valence-corrected chi connectivity index (χ2v) is 7.70. The van der Waals surface area contributed by atoms with E-state index in [9.17, 15) is 9.59 Å². The highest BCUT2D eigenvalue weighted by Gasteiger charge is 2.25. The molecule has 4 N–H and O–H groups in total. The summed E-state index contributed by atoms with van der Waals surface area (Å²) in [6.45, 7) is 1.43. The van der Waals surface area contributed by atoms with Crippen LogP contribution in [0.5, 0.6) is 0 Å². The number of aromatic nitrogens is 2. The zero-order valence-corrected chi connectivity index (χ0v) is 18.0. The molecule has 32 heavy (non-hydrogen) atoms. The molecule has 1 aliphatic carbocycles. The largest absolute Gasteiger partial charge is 0.483 e. The number of hydrogen-bond donors (Lipinski definition) is 3. The van der Waals surface area contributed by atoms with E-state index in [1.165, 1.54) is 0 Å². The van der Waals surface area contributed by atoms with Crippen molar-refractivity contribution in [3.63, 3.8) is 0 Å².